The number of ether oxygens (including phenoxy) is 2. The summed E-state index contributed by atoms with van der Waals surface area (Å²) in [6.07, 6.45) is 2.44. The number of piperidine rings is 1. The molecule has 1 atom stereocenters. The summed E-state index contributed by atoms with van der Waals surface area (Å²) in [7, 11) is 1.74. The summed E-state index contributed by atoms with van der Waals surface area (Å²) in [5.41, 5.74) is 0.744. The highest BCUT2D eigenvalue weighted by Crippen LogP contribution is 2.15. The van der Waals surface area contributed by atoms with Gasteiger partial charge in [0.15, 0.2) is 5.78 Å². The van der Waals surface area contributed by atoms with Gasteiger partial charge in [0.2, 0.25) is 0 Å². The molecule has 0 aliphatic carbocycles. The highest BCUT2D eigenvalue weighted by atomic mass is 16.5. The van der Waals surface area contributed by atoms with Crippen LogP contribution < -0.4 is 4.74 Å². The maximum Gasteiger partial charge on any atom is 0.176 e. The van der Waals surface area contributed by atoms with Crippen molar-refractivity contribution in [2.24, 2.45) is 0 Å². The standard InChI is InChI=1S/C16H23NO3/c1-3-20-14-8-6-13(7-9-14)16(18)12-17-10-4-5-15(11-17)19-2/h6-9,15H,3-5,10-12H2,1-2H3. The van der Waals surface area contributed by atoms with E-state index in [0.29, 0.717) is 13.2 Å². The van der Waals surface area contributed by atoms with Gasteiger partial charge in [0.05, 0.1) is 19.3 Å². The Morgan fingerprint density at radius 2 is 2.10 bits per heavy atom. The second-order valence-electron chi connectivity index (χ2n) is 5.12. The third-order valence-electron chi connectivity index (χ3n) is 3.65. The van der Waals surface area contributed by atoms with E-state index in [-0.39, 0.29) is 11.9 Å². The average molecular weight is 277 g/mol. The van der Waals surface area contributed by atoms with Crippen molar-refractivity contribution >= 4 is 5.78 Å². The monoisotopic (exact) mass is 277 g/mol. The molecule has 0 spiro atoms. The molecule has 0 aromatic heterocycles. The van der Waals surface area contributed by atoms with E-state index in [2.05, 4.69) is 4.90 Å². The third kappa shape index (κ3) is 4.05. The van der Waals surface area contributed by atoms with Gasteiger partial charge in [-0.05, 0) is 50.6 Å². The number of methoxy groups -OCH3 is 1. The van der Waals surface area contributed by atoms with Crippen LogP contribution in [0.25, 0.3) is 0 Å². The molecule has 0 radical (unpaired) electrons. The van der Waals surface area contributed by atoms with E-state index < -0.39 is 0 Å². The highest BCUT2D eigenvalue weighted by molar-refractivity contribution is 5.97. The maximum atomic E-state index is 12.3. The molecular formula is C16H23NO3. The first-order valence-electron chi connectivity index (χ1n) is 7.24. The Morgan fingerprint density at radius 3 is 2.75 bits per heavy atom. The van der Waals surface area contributed by atoms with Crippen LogP contribution in [0.5, 0.6) is 5.75 Å². The number of hydrogen-bond acceptors (Lipinski definition) is 4. The van der Waals surface area contributed by atoms with Gasteiger partial charge in [-0.3, -0.25) is 9.69 Å². The van der Waals surface area contributed by atoms with Gasteiger partial charge in [-0.15, -0.1) is 0 Å². The number of Topliss-reactive ketones (excluding diaryl/α,β-unsaturated/α-hetero) is 1. The fourth-order valence-electron chi connectivity index (χ4n) is 2.55. The first-order valence-corrected chi connectivity index (χ1v) is 7.24. The lowest BCUT2D eigenvalue weighted by Gasteiger charge is -2.31. The zero-order valence-corrected chi connectivity index (χ0v) is 12.3. The molecule has 1 aromatic carbocycles. The Kier molecular flexibility index (Phi) is 5.56. The minimum Gasteiger partial charge on any atom is -0.494 e. The number of rotatable bonds is 6. The molecule has 110 valence electrons. The van der Waals surface area contributed by atoms with E-state index in [1.807, 2.05) is 31.2 Å². The van der Waals surface area contributed by atoms with Gasteiger partial charge >= 0.3 is 0 Å². The first-order chi connectivity index (χ1) is 9.72. The topological polar surface area (TPSA) is 38.8 Å². The molecule has 1 aromatic rings. The quantitative estimate of drug-likeness (QED) is 0.748. The molecule has 1 saturated heterocycles. The van der Waals surface area contributed by atoms with E-state index >= 15 is 0 Å². The van der Waals surface area contributed by atoms with Crippen LogP contribution in [0.2, 0.25) is 0 Å². The SMILES string of the molecule is CCOc1ccc(C(=O)CN2CCCC(OC)C2)cc1. The number of nitrogens with zero attached hydrogens (tertiary/aromatic N) is 1. The molecule has 2 rings (SSSR count). The van der Waals surface area contributed by atoms with Crippen LogP contribution in [-0.4, -0.2) is 50.1 Å². The summed E-state index contributed by atoms with van der Waals surface area (Å²) in [6, 6.07) is 7.38. The highest BCUT2D eigenvalue weighted by Gasteiger charge is 2.21. The lowest BCUT2D eigenvalue weighted by Crippen LogP contribution is -2.41. The smallest absolute Gasteiger partial charge is 0.176 e. The molecule has 1 heterocycles. The number of carbonyl (C=O) groups is 1. The van der Waals surface area contributed by atoms with Gasteiger partial charge in [0, 0.05) is 19.2 Å². The second-order valence-corrected chi connectivity index (χ2v) is 5.12. The lowest BCUT2D eigenvalue weighted by atomic mass is 10.1. The van der Waals surface area contributed by atoms with Crippen molar-refractivity contribution in [1.82, 2.24) is 4.90 Å². The molecular weight excluding hydrogens is 254 g/mol. The number of benzene rings is 1. The van der Waals surface area contributed by atoms with Crippen molar-refractivity contribution < 1.29 is 14.3 Å². The van der Waals surface area contributed by atoms with E-state index in [0.717, 1.165) is 37.2 Å². The largest absolute Gasteiger partial charge is 0.494 e. The van der Waals surface area contributed by atoms with Crippen molar-refractivity contribution in [3.8, 4) is 5.75 Å². The van der Waals surface area contributed by atoms with E-state index in [1.165, 1.54) is 0 Å². The van der Waals surface area contributed by atoms with Gasteiger partial charge in [0.25, 0.3) is 0 Å². The van der Waals surface area contributed by atoms with Crippen LogP contribution in [0.4, 0.5) is 0 Å². The van der Waals surface area contributed by atoms with E-state index in [9.17, 15) is 4.79 Å². The average Bonchev–Trinajstić information content (AvgIpc) is 2.48. The molecule has 0 N–H and O–H groups in total. The lowest BCUT2D eigenvalue weighted by molar-refractivity contribution is 0.0314. The molecule has 1 unspecified atom stereocenters. The second kappa shape index (κ2) is 7.41. The molecule has 0 saturated carbocycles. The third-order valence-corrected chi connectivity index (χ3v) is 3.65. The Labute approximate surface area is 120 Å². The van der Waals surface area contributed by atoms with Crippen molar-refractivity contribution in [1.29, 1.82) is 0 Å². The summed E-state index contributed by atoms with van der Waals surface area (Å²) in [5.74, 6) is 0.964. The van der Waals surface area contributed by atoms with Crippen molar-refractivity contribution in [2.45, 2.75) is 25.9 Å². The molecule has 4 heteroatoms. The number of carbonyl (C=O) groups excluding carboxylic acids is 1. The zero-order valence-electron chi connectivity index (χ0n) is 12.3. The van der Waals surface area contributed by atoms with E-state index in [1.54, 1.807) is 7.11 Å². The minimum atomic E-state index is 0.157. The summed E-state index contributed by atoms with van der Waals surface area (Å²) >= 11 is 0. The van der Waals surface area contributed by atoms with Crippen molar-refractivity contribution in [3.63, 3.8) is 0 Å². The number of hydrogen-bond donors (Lipinski definition) is 0. The number of ketones is 1. The van der Waals surface area contributed by atoms with Crippen LogP contribution in [-0.2, 0) is 4.74 Å². The zero-order chi connectivity index (χ0) is 14.4. The van der Waals surface area contributed by atoms with Gasteiger partial charge in [-0.1, -0.05) is 0 Å². The summed E-state index contributed by atoms with van der Waals surface area (Å²) in [6.45, 7) is 4.87. The van der Waals surface area contributed by atoms with Crippen molar-refractivity contribution in [3.05, 3.63) is 29.8 Å². The fourth-order valence-corrected chi connectivity index (χ4v) is 2.55. The van der Waals surface area contributed by atoms with E-state index in [4.69, 9.17) is 9.47 Å². The van der Waals surface area contributed by atoms with Gasteiger partial charge in [-0.25, -0.2) is 0 Å². The minimum absolute atomic E-state index is 0.157. The maximum absolute atomic E-state index is 12.3. The summed E-state index contributed by atoms with van der Waals surface area (Å²) in [4.78, 5) is 14.4. The normalized spacial score (nSPS) is 19.8. The fraction of sp³-hybridized carbons (Fsp3) is 0.562. The number of likely N-dealkylation sites (tertiary alicyclic amines) is 1. The van der Waals surface area contributed by atoms with Crippen LogP contribution in [0.3, 0.4) is 0 Å². The van der Waals surface area contributed by atoms with Gasteiger partial charge in [0.1, 0.15) is 5.75 Å². The Morgan fingerprint density at radius 1 is 1.35 bits per heavy atom. The predicted octanol–water partition coefficient (Wildman–Crippen LogP) is 2.38. The molecule has 1 fully saturated rings. The molecule has 4 nitrogen and oxygen atoms in total. The molecule has 1 aliphatic rings. The Bertz CT molecular complexity index is 430. The van der Waals surface area contributed by atoms with Crippen LogP contribution in [0, 0.1) is 0 Å². The molecule has 0 amide bonds. The Hall–Kier alpha value is -1.39. The molecule has 20 heavy (non-hydrogen) atoms. The van der Waals surface area contributed by atoms with Crippen LogP contribution >= 0.6 is 0 Å². The van der Waals surface area contributed by atoms with Gasteiger partial charge < -0.3 is 9.47 Å². The van der Waals surface area contributed by atoms with Crippen LogP contribution in [0.1, 0.15) is 30.1 Å². The Balaban J connectivity index is 1.90. The van der Waals surface area contributed by atoms with Crippen LogP contribution in [0.15, 0.2) is 24.3 Å². The molecule has 0 bridgehead atoms. The predicted molar refractivity (Wildman–Crippen MR) is 78.4 cm³/mol. The van der Waals surface area contributed by atoms with Gasteiger partial charge in [-0.2, -0.15) is 0 Å². The molecule has 1 aliphatic heterocycles. The first kappa shape index (κ1) is 15.0. The summed E-state index contributed by atoms with van der Waals surface area (Å²) in [5, 5.41) is 0. The van der Waals surface area contributed by atoms with Crippen molar-refractivity contribution in [2.75, 3.05) is 33.4 Å². The summed E-state index contributed by atoms with van der Waals surface area (Å²) < 4.78 is 10.8.